The van der Waals surface area contributed by atoms with Gasteiger partial charge in [-0.05, 0) is 55.5 Å². The molecule has 2 aliphatic rings. The quantitative estimate of drug-likeness (QED) is 0.475. The Kier molecular flexibility index (Phi) is 7.28. The second-order valence-electron chi connectivity index (χ2n) is 8.61. The second-order valence-corrected chi connectivity index (χ2v) is 9.42. The van der Waals surface area contributed by atoms with Crippen LogP contribution < -0.4 is 9.80 Å². The molecule has 0 bridgehead atoms. The van der Waals surface area contributed by atoms with E-state index in [0.717, 1.165) is 52.9 Å². The van der Waals surface area contributed by atoms with Crippen LogP contribution in [0.3, 0.4) is 0 Å². The summed E-state index contributed by atoms with van der Waals surface area (Å²) < 4.78 is 0. The molecular weight excluding hydrogens is 411 g/mol. The van der Waals surface area contributed by atoms with Gasteiger partial charge < -0.3 is 9.80 Å². The molecule has 4 rings (SSSR count). The van der Waals surface area contributed by atoms with Crippen molar-refractivity contribution in [1.29, 1.82) is 0 Å². The highest BCUT2D eigenvalue weighted by molar-refractivity contribution is 6.34. The minimum atomic E-state index is 0.745. The van der Waals surface area contributed by atoms with Crippen molar-refractivity contribution in [2.24, 2.45) is 0 Å². The van der Waals surface area contributed by atoms with Crippen LogP contribution >= 0.6 is 23.2 Å². The van der Waals surface area contributed by atoms with E-state index in [0.29, 0.717) is 0 Å². The Morgan fingerprint density at radius 1 is 0.600 bits per heavy atom. The molecule has 2 aromatic rings. The Morgan fingerprint density at radius 2 is 0.967 bits per heavy atom. The highest BCUT2D eigenvalue weighted by Gasteiger charge is 2.16. The van der Waals surface area contributed by atoms with Gasteiger partial charge in [-0.25, -0.2) is 0 Å². The van der Waals surface area contributed by atoms with Crippen molar-refractivity contribution in [2.45, 2.75) is 51.4 Å². The van der Waals surface area contributed by atoms with Gasteiger partial charge in [0.15, 0.2) is 0 Å². The zero-order valence-corrected chi connectivity index (χ0v) is 19.3. The summed E-state index contributed by atoms with van der Waals surface area (Å²) in [6.07, 6.45) is 10.3. The van der Waals surface area contributed by atoms with Crippen LogP contribution in [0.25, 0.3) is 5.57 Å². The number of hydrogen-bond donors (Lipinski definition) is 0. The molecular formula is C26H32Cl2N2. The fourth-order valence-electron chi connectivity index (χ4n) is 4.69. The average Bonchev–Trinajstić information content (AvgIpc) is 3.19. The molecule has 2 aliphatic heterocycles. The lowest BCUT2D eigenvalue weighted by Crippen LogP contribution is -2.23. The molecule has 30 heavy (non-hydrogen) atoms. The van der Waals surface area contributed by atoms with Crippen LogP contribution in [0.1, 0.15) is 62.5 Å². The van der Waals surface area contributed by atoms with Crippen molar-refractivity contribution in [2.75, 3.05) is 36.0 Å². The SMILES string of the molecule is C=C(c1ccc(N2CCCCCC2)cc1Cl)c1ccc(N2CCCCCC2)cc1Cl. The molecule has 2 nitrogen and oxygen atoms in total. The first-order valence-electron chi connectivity index (χ1n) is 11.4. The van der Waals surface area contributed by atoms with Gasteiger partial charge >= 0.3 is 0 Å². The summed E-state index contributed by atoms with van der Waals surface area (Å²) in [7, 11) is 0. The average molecular weight is 443 g/mol. The number of benzene rings is 2. The Balaban J connectivity index is 1.53. The van der Waals surface area contributed by atoms with E-state index in [4.69, 9.17) is 23.2 Å². The highest BCUT2D eigenvalue weighted by Crippen LogP contribution is 2.36. The maximum Gasteiger partial charge on any atom is 0.0505 e. The minimum absolute atomic E-state index is 0.745. The standard InChI is InChI=1S/C26H32Cl2N2/c1-20(23-12-10-21(18-25(23)27)29-14-6-2-3-7-15-29)24-13-11-22(19-26(24)28)30-16-8-4-5-9-17-30/h10-13,18-19H,1-9,14-17H2. The molecule has 0 aliphatic carbocycles. The fraction of sp³-hybridized carbons (Fsp3) is 0.462. The molecule has 2 aromatic carbocycles. The summed E-state index contributed by atoms with van der Waals surface area (Å²) in [5.41, 5.74) is 5.22. The molecule has 2 saturated heterocycles. The molecule has 0 amide bonds. The number of nitrogens with zero attached hydrogens (tertiary/aromatic N) is 2. The second kappa shape index (κ2) is 10.1. The van der Waals surface area contributed by atoms with Crippen LogP contribution in [0.5, 0.6) is 0 Å². The molecule has 0 spiro atoms. The van der Waals surface area contributed by atoms with Gasteiger partial charge in [-0.1, -0.05) is 67.6 Å². The van der Waals surface area contributed by atoms with Crippen LogP contribution in [-0.2, 0) is 0 Å². The predicted octanol–water partition coefficient (Wildman–Crippen LogP) is 7.82. The third kappa shape index (κ3) is 4.98. The van der Waals surface area contributed by atoms with E-state index in [9.17, 15) is 0 Å². The van der Waals surface area contributed by atoms with E-state index in [2.05, 4.69) is 52.8 Å². The first kappa shape index (κ1) is 21.6. The number of anilines is 2. The van der Waals surface area contributed by atoms with Crippen LogP contribution in [-0.4, -0.2) is 26.2 Å². The molecule has 0 radical (unpaired) electrons. The summed E-state index contributed by atoms with van der Waals surface area (Å²) in [5, 5.41) is 1.49. The van der Waals surface area contributed by atoms with E-state index in [1.54, 1.807) is 0 Å². The lowest BCUT2D eigenvalue weighted by atomic mass is 9.98. The molecule has 4 heteroatoms. The maximum atomic E-state index is 6.72. The Labute approximate surface area is 191 Å². The predicted molar refractivity (Wildman–Crippen MR) is 132 cm³/mol. The molecule has 0 unspecified atom stereocenters. The van der Waals surface area contributed by atoms with Crippen molar-refractivity contribution >= 4 is 40.1 Å². The third-order valence-electron chi connectivity index (χ3n) is 6.50. The van der Waals surface area contributed by atoms with Gasteiger partial charge in [0.25, 0.3) is 0 Å². The van der Waals surface area contributed by atoms with Crippen molar-refractivity contribution in [3.63, 3.8) is 0 Å². The topological polar surface area (TPSA) is 6.48 Å². The number of rotatable bonds is 4. The summed E-state index contributed by atoms with van der Waals surface area (Å²) in [5.74, 6) is 0. The van der Waals surface area contributed by atoms with Crippen molar-refractivity contribution in [3.8, 4) is 0 Å². The third-order valence-corrected chi connectivity index (χ3v) is 7.12. The molecule has 2 heterocycles. The van der Waals surface area contributed by atoms with Crippen molar-refractivity contribution < 1.29 is 0 Å². The van der Waals surface area contributed by atoms with Gasteiger partial charge in [-0.2, -0.15) is 0 Å². The van der Waals surface area contributed by atoms with E-state index in [1.807, 2.05) is 0 Å². The normalized spacial score (nSPS) is 18.1. The number of hydrogen-bond acceptors (Lipinski definition) is 2. The lowest BCUT2D eigenvalue weighted by Gasteiger charge is -2.24. The van der Waals surface area contributed by atoms with E-state index >= 15 is 0 Å². The van der Waals surface area contributed by atoms with Gasteiger partial charge in [-0.15, -0.1) is 0 Å². The Bertz CT molecular complexity index is 805. The van der Waals surface area contributed by atoms with Crippen LogP contribution in [0.2, 0.25) is 10.0 Å². The zero-order valence-electron chi connectivity index (χ0n) is 17.8. The zero-order chi connectivity index (χ0) is 20.9. The van der Waals surface area contributed by atoms with Gasteiger partial charge in [0, 0.05) is 48.7 Å². The van der Waals surface area contributed by atoms with Crippen LogP contribution in [0, 0.1) is 0 Å². The molecule has 2 fully saturated rings. The largest absolute Gasteiger partial charge is 0.371 e. The van der Waals surface area contributed by atoms with Crippen molar-refractivity contribution in [1.82, 2.24) is 0 Å². The molecule has 0 saturated carbocycles. The number of halogens is 2. The fourth-order valence-corrected chi connectivity index (χ4v) is 5.27. The molecule has 0 atom stereocenters. The Morgan fingerprint density at radius 3 is 1.30 bits per heavy atom. The van der Waals surface area contributed by atoms with Gasteiger partial charge in [0.05, 0.1) is 10.0 Å². The summed E-state index contributed by atoms with van der Waals surface area (Å²) in [4.78, 5) is 4.91. The summed E-state index contributed by atoms with van der Waals surface area (Å²) in [6.45, 7) is 8.78. The monoisotopic (exact) mass is 442 g/mol. The summed E-state index contributed by atoms with van der Waals surface area (Å²) in [6, 6.07) is 12.7. The van der Waals surface area contributed by atoms with Crippen molar-refractivity contribution in [3.05, 3.63) is 64.1 Å². The van der Waals surface area contributed by atoms with Crippen LogP contribution in [0.15, 0.2) is 43.0 Å². The van der Waals surface area contributed by atoms with E-state index in [1.165, 1.54) is 62.7 Å². The molecule has 160 valence electrons. The highest BCUT2D eigenvalue weighted by atomic mass is 35.5. The van der Waals surface area contributed by atoms with E-state index in [-0.39, 0.29) is 0 Å². The Hall–Kier alpha value is -1.64. The first-order valence-corrected chi connectivity index (χ1v) is 12.2. The molecule has 0 N–H and O–H groups in total. The van der Waals surface area contributed by atoms with Crippen LogP contribution in [0.4, 0.5) is 11.4 Å². The maximum absolute atomic E-state index is 6.72. The summed E-state index contributed by atoms with van der Waals surface area (Å²) >= 11 is 13.4. The van der Waals surface area contributed by atoms with Gasteiger partial charge in [-0.3, -0.25) is 0 Å². The van der Waals surface area contributed by atoms with Gasteiger partial charge in [0.1, 0.15) is 0 Å². The minimum Gasteiger partial charge on any atom is -0.371 e. The molecule has 0 aromatic heterocycles. The first-order chi connectivity index (χ1) is 14.6. The van der Waals surface area contributed by atoms with Gasteiger partial charge in [0.2, 0.25) is 0 Å². The smallest absolute Gasteiger partial charge is 0.0505 e. The lowest BCUT2D eigenvalue weighted by molar-refractivity contribution is 0.726. The van der Waals surface area contributed by atoms with E-state index < -0.39 is 0 Å².